The van der Waals surface area contributed by atoms with Gasteiger partial charge in [0, 0.05) is 10.8 Å². The van der Waals surface area contributed by atoms with E-state index in [9.17, 15) is 9.59 Å². The molecule has 0 bridgehead atoms. The Kier molecular flexibility index (Phi) is 6.32. The molecule has 1 heterocycles. The number of imide groups is 1. The summed E-state index contributed by atoms with van der Waals surface area (Å²) < 4.78 is 8.55. The lowest BCUT2D eigenvalue weighted by Gasteiger charge is -2.26. The third kappa shape index (κ3) is 5.65. The highest BCUT2D eigenvalue weighted by Crippen LogP contribution is 2.29. The standard InChI is InChI=1S/C21H19Cl3N2O4/c1-20(2,3)30-19(28)26(18(27)29-12-21(22,23)24)15-9-8-14-10-13-6-4-5-7-16(13)25-17(14)11-15/h4-11H,12H2,1-3H3. The monoisotopic (exact) mass is 468 g/mol. The van der Waals surface area contributed by atoms with Crippen LogP contribution in [0.4, 0.5) is 15.3 Å². The molecule has 0 saturated carbocycles. The van der Waals surface area contributed by atoms with Gasteiger partial charge in [-0.25, -0.2) is 14.6 Å². The Bertz CT molecular complexity index is 1110. The summed E-state index contributed by atoms with van der Waals surface area (Å²) in [4.78, 5) is 30.8. The van der Waals surface area contributed by atoms with Crippen LogP contribution in [0.5, 0.6) is 0 Å². The molecular formula is C21H19Cl3N2O4. The average Bonchev–Trinajstić information content (AvgIpc) is 2.63. The van der Waals surface area contributed by atoms with E-state index in [4.69, 9.17) is 44.3 Å². The maximum atomic E-state index is 12.8. The molecule has 0 aliphatic heterocycles. The summed E-state index contributed by atoms with van der Waals surface area (Å²) in [5.74, 6) is 0. The van der Waals surface area contributed by atoms with Crippen molar-refractivity contribution >= 4 is 74.5 Å². The molecule has 2 aromatic carbocycles. The van der Waals surface area contributed by atoms with Crippen LogP contribution in [0.1, 0.15) is 20.8 Å². The summed E-state index contributed by atoms with van der Waals surface area (Å²) in [5.41, 5.74) is 0.753. The van der Waals surface area contributed by atoms with Gasteiger partial charge in [-0.2, -0.15) is 4.90 Å². The minimum atomic E-state index is -1.82. The first kappa shape index (κ1) is 22.4. The van der Waals surface area contributed by atoms with Crippen LogP contribution in [0.2, 0.25) is 0 Å². The number of ether oxygens (including phenoxy) is 2. The van der Waals surface area contributed by atoms with Gasteiger partial charge in [0.25, 0.3) is 0 Å². The first-order valence-corrected chi connectivity index (χ1v) is 10.1. The van der Waals surface area contributed by atoms with Crippen molar-refractivity contribution in [2.24, 2.45) is 0 Å². The number of hydrogen-bond acceptors (Lipinski definition) is 5. The van der Waals surface area contributed by atoms with Gasteiger partial charge in [0.05, 0.1) is 16.7 Å². The second kappa shape index (κ2) is 8.46. The molecule has 0 aliphatic carbocycles. The van der Waals surface area contributed by atoms with Crippen molar-refractivity contribution in [3.8, 4) is 0 Å². The van der Waals surface area contributed by atoms with Gasteiger partial charge >= 0.3 is 12.2 Å². The van der Waals surface area contributed by atoms with Gasteiger partial charge in [-0.1, -0.05) is 59.1 Å². The Morgan fingerprint density at radius 3 is 2.27 bits per heavy atom. The fourth-order valence-corrected chi connectivity index (χ4v) is 2.86. The number of aromatic nitrogens is 1. The van der Waals surface area contributed by atoms with Gasteiger partial charge in [0.1, 0.15) is 12.2 Å². The average molecular weight is 470 g/mol. The molecule has 0 atom stereocenters. The first-order chi connectivity index (χ1) is 13.9. The number of rotatable bonds is 2. The van der Waals surface area contributed by atoms with Crippen LogP contribution in [0, 0.1) is 0 Å². The quantitative estimate of drug-likeness (QED) is 0.311. The van der Waals surface area contributed by atoms with Crippen LogP contribution in [0.25, 0.3) is 21.8 Å². The minimum absolute atomic E-state index is 0.217. The van der Waals surface area contributed by atoms with Gasteiger partial charge in [-0.05, 0) is 45.0 Å². The maximum Gasteiger partial charge on any atom is 0.424 e. The van der Waals surface area contributed by atoms with Crippen LogP contribution in [0.3, 0.4) is 0 Å². The highest BCUT2D eigenvalue weighted by atomic mass is 35.6. The van der Waals surface area contributed by atoms with E-state index in [0.29, 0.717) is 5.52 Å². The highest BCUT2D eigenvalue weighted by molar-refractivity contribution is 6.67. The number of halogens is 3. The SMILES string of the molecule is CC(C)(C)OC(=O)N(C(=O)OCC(Cl)(Cl)Cl)c1ccc2cc3ccccc3nc2c1. The highest BCUT2D eigenvalue weighted by Gasteiger charge is 2.32. The zero-order valence-corrected chi connectivity index (χ0v) is 18.8. The third-order valence-corrected chi connectivity index (χ3v) is 4.21. The predicted octanol–water partition coefficient (Wildman–Crippen LogP) is 6.64. The van der Waals surface area contributed by atoms with Crippen molar-refractivity contribution in [2.45, 2.75) is 30.2 Å². The number of fused-ring (bicyclic) bond motifs is 2. The van der Waals surface area contributed by atoms with Gasteiger partial charge in [0.2, 0.25) is 3.79 Å². The number of nitrogens with zero attached hydrogens (tertiary/aromatic N) is 2. The molecule has 0 radical (unpaired) electrons. The van der Waals surface area contributed by atoms with Gasteiger partial charge in [0.15, 0.2) is 0 Å². The molecule has 6 nitrogen and oxygen atoms in total. The summed E-state index contributed by atoms with van der Waals surface area (Å²) in [7, 11) is 0. The van der Waals surface area contributed by atoms with E-state index in [1.807, 2.05) is 30.3 Å². The topological polar surface area (TPSA) is 68.7 Å². The Morgan fingerprint density at radius 1 is 0.933 bits per heavy atom. The molecule has 3 aromatic rings. The Balaban J connectivity index is 2.02. The number of pyridine rings is 1. The maximum absolute atomic E-state index is 12.8. The van der Waals surface area contributed by atoms with Crippen molar-refractivity contribution in [3.63, 3.8) is 0 Å². The largest absolute Gasteiger partial charge is 0.444 e. The molecule has 2 amide bonds. The van der Waals surface area contributed by atoms with Crippen LogP contribution in [0.15, 0.2) is 48.5 Å². The zero-order valence-electron chi connectivity index (χ0n) is 16.5. The minimum Gasteiger partial charge on any atom is -0.444 e. The first-order valence-electron chi connectivity index (χ1n) is 8.99. The summed E-state index contributed by atoms with van der Waals surface area (Å²) >= 11 is 17.0. The number of alkyl halides is 3. The van der Waals surface area contributed by atoms with Crippen molar-refractivity contribution in [1.82, 2.24) is 4.98 Å². The summed E-state index contributed by atoms with van der Waals surface area (Å²) in [6, 6.07) is 14.6. The summed E-state index contributed by atoms with van der Waals surface area (Å²) in [6.45, 7) is 4.52. The summed E-state index contributed by atoms with van der Waals surface area (Å²) in [6.07, 6.45) is -1.95. The number of anilines is 1. The molecule has 0 fully saturated rings. The van der Waals surface area contributed by atoms with Crippen LogP contribution < -0.4 is 4.90 Å². The van der Waals surface area contributed by atoms with Crippen LogP contribution in [-0.2, 0) is 9.47 Å². The Labute approximate surface area is 188 Å². The number of amides is 2. The van der Waals surface area contributed by atoms with E-state index < -0.39 is 28.2 Å². The Morgan fingerprint density at radius 2 is 1.60 bits per heavy atom. The number of hydrogen-bond donors (Lipinski definition) is 0. The smallest absolute Gasteiger partial charge is 0.424 e. The fourth-order valence-electron chi connectivity index (χ4n) is 2.70. The molecule has 0 spiro atoms. The van der Waals surface area contributed by atoms with Gasteiger partial charge in [-0.3, -0.25) is 0 Å². The van der Waals surface area contributed by atoms with E-state index in [0.717, 1.165) is 21.2 Å². The van der Waals surface area contributed by atoms with Crippen molar-refractivity contribution in [3.05, 3.63) is 48.5 Å². The molecule has 0 N–H and O–H groups in total. The number of carbonyl (C=O) groups excluding carboxylic acids is 2. The number of benzene rings is 2. The van der Waals surface area contributed by atoms with E-state index in [2.05, 4.69) is 4.98 Å². The molecule has 0 saturated heterocycles. The predicted molar refractivity (Wildman–Crippen MR) is 120 cm³/mol. The lowest BCUT2D eigenvalue weighted by molar-refractivity contribution is 0.0569. The van der Waals surface area contributed by atoms with Crippen LogP contribution in [-0.4, -0.2) is 33.2 Å². The molecular weight excluding hydrogens is 451 g/mol. The zero-order chi connectivity index (χ0) is 22.1. The van der Waals surface area contributed by atoms with Crippen molar-refractivity contribution < 1.29 is 19.1 Å². The third-order valence-electron chi connectivity index (χ3n) is 3.88. The van der Waals surface area contributed by atoms with Crippen molar-refractivity contribution in [1.29, 1.82) is 0 Å². The van der Waals surface area contributed by atoms with Gasteiger partial charge in [-0.15, -0.1) is 0 Å². The molecule has 30 heavy (non-hydrogen) atoms. The molecule has 0 unspecified atom stereocenters. The number of para-hydroxylation sites is 1. The molecule has 0 aliphatic rings. The molecule has 3 rings (SSSR count). The van der Waals surface area contributed by atoms with E-state index in [-0.39, 0.29) is 5.69 Å². The fraction of sp³-hybridized carbons (Fsp3) is 0.286. The Hall–Kier alpha value is -2.28. The molecule has 158 valence electrons. The lowest BCUT2D eigenvalue weighted by atomic mass is 10.1. The van der Waals surface area contributed by atoms with Crippen LogP contribution >= 0.6 is 34.8 Å². The molecule has 9 heteroatoms. The molecule has 1 aromatic heterocycles. The number of carbonyl (C=O) groups is 2. The second-order valence-electron chi connectivity index (χ2n) is 7.54. The normalized spacial score (nSPS) is 12.1. The summed E-state index contributed by atoms with van der Waals surface area (Å²) in [5, 5.41) is 1.82. The van der Waals surface area contributed by atoms with Gasteiger partial charge < -0.3 is 9.47 Å². The van der Waals surface area contributed by atoms with E-state index >= 15 is 0 Å². The van der Waals surface area contributed by atoms with E-state index in [1.165, 1.54) is 0 Å². The lowest BCUT2D eigenvalue weighted by Crippen LogP contribution is -2.42. The van der Waals surface area contributed by atoms with E-state index in [1.54, 1.807) is 39.0 Å². The van der Waals surface area contributed by atoms with Crippen molar-refractivity contribution in [2.75, 3.05) is 11.5 Å². The second-order valence-corrected chi connectivity index (χ2v) is 10.1.